The molecule has 268 valence electrons. The molecular weight excluding hydrogens is 663 g/mol. The molecule has 0 bridgehead atoms. The largest absolute Gasteiger partial charge is 0.507 e. The Hall–Kier alpha value is -5.26. The number of nitrogens with zero attached hydrogens (tertiary/aromatic N) is 3. The quantitative estimate of drug-likeness (QED) is 0.175. The zero-order valence-electron chi connectivity index (χ0n) is 32.8. The van der Waals surface area contributed by atoms with Crippen molar-refractivity contribution in [3.63, 3.8) is 0 Å². The molecule has 0 saturated carbocycles. The first-order chi connectivity index (χ1) is 25.0. The van der Waals surface area contributed by atoms with Gasteiger partial charge in [0, 0.05) is 29.9 Å². The zero-order valence-corrected chi connectivity index (χ0v) is 33.8. The number of imidazole rings is 1. The Morgan fingerprint density at radius 2 is 1.25 bits per heavy atom. The highest BCUT2D eigenvalue weighted by Gasteiger charge is 2.28. The number of rotatable bonds is 6. The number of hydrogen-bond acceptors (Lipinski definition) is 3. The van der Waals surface area contributed by atoms with E-state index in [9.17, 15) is 5.11 Å². The summed E-state index contributed by atoms with van der Waals surface area (Å²) in [6, 6.07) is 41.3. The van der Waals surface area contributed by atoms with Crippen LogP contribution >= 0.6 is 0 Å². The second-order valence-corrected chi connectivity index (χ2v) is 22.6. The van der Waals surface area contributed by atoms with Crippen LogP contribution in [0.2, 0.25) is 19.6 Å². The fraction of sp³-hybridized carbons (Fsp3) is 0.250. The van der Waals surface area contributed by atoms with Gasteiger partial charge >= 0.3 is 0 Å². The Morgan fingerprint density at radius 3 is 1.91 bits per heavy atom. The Labute approximate surface area is 316 Å². The highest BCUT2D eigenvalue weighted by atomic mass is 28.3. The number of pyridine rings is 1. The minimum Gasteiger partial charge on any atom is -0.507 e. The van der Waals surface area contributed by atoms with Gasteiger partial charge in [0.2, 0.25) is 0 Å². The van der Waals surface area contributed by atoms with E-state index in [2.05, 4.69) is 181 Å². The molecule has 0 spiro atoms. The number of aromatic hydroxyl groups is 1. The summed E-state index contributed by atoms with van der Waals surface area (Å²) >= 11 is 0. The number of para-hydroxylation sites is 1. The van der Waals surface area contributed by atoms with Crippen molar-refractivity contribution in [3.05, 3.63) is 133 Å². The summed E-state index contributed by atoms with van der Waals surface area (Å²) in [4.78, 5) is 10.2. The predicted octanol–water partition coefficient (Wildman–Crippen LogP) is 12.1. The van der Waals surface area contributed by atoms with E-state index in [-0.39, 0.29) is 10.8 Å². The van der Waals surface area contributed by atoms with Gasteiger partial charge in [-0.3, -0.25) is 4.98 Å². The first-order valence-corrected chi connectivity index (χ1v) is 22.1. The Morgan fingerprint density at radius 1 is 0.585 bits per heavy atom. The SMILES string of the molecule is Cn1c(-c2cc(C(C)(C)C)cc(C(C)(C)C)c2O)nc2c(-c3cc(-c4ccccc4)cc(-c4cc(-c5ccc([Si](C)(C)C)cc5)ccn4)c3)cccc21. The minimum absolute atomic E-state index is 0.102. The van der Waals surface area contributed by atoms with Crippen LogP contribution in [0, 0.1) is 0 Å². The first-order valence-electron chi connectivity index (χ1n) is 18.6. The second-order valence-electron chi connectivity index (χ2n) is 17.5. The number of aryl methyl sites for hydroxylation is 1. The van der Waals surface area contributed by atoms with Crippen LogP contribution < -0.4 is 5.19 Å². The third-order valence-electron chi connectivity index (χ3n) is 10.4. The third kappa shape index (κ3) is 7.11. The monoisotopic (exact) mass is 713 g/mol. The summed E-state index contributed by atoms with van der Waals surface area (Å²) in [5.41, 5.74) is 13.0. The lowest BCUT2D eigenvalue weighted by atomic mass is 9.79. The van der Waals surface area contributed by atoms with Crippen molar-refractivity contribution in [2.75, 3.05) is 0 Å². The van der Waals surface area contributed by atoms with Crippen molar-refractivity contribution < 1.29 is 5.11 Å². The van der Waals surface area contributed by atoms with Crippen LogP contribution in [0.3, 0.4) is 0 Å². The molecule has 2 aromatic heterocycles. The molecule has 0 fully saturated rings. The lowest BCUT2D eigenvalue weighted by molar-refractivity contribution is 0.446. The van der Waals surface area contributed by atoms with Gasteiger partial charge in [-0.1, -0.05) is 139 Å². The summed E-state index contributed by atoms with van der Waals surface area (Å²) in [6.07, 6.45) is 1.92. The van der Waals surface area contributed by atoms with Gasteiger partial charge in [0.15, 0.2) is 0 Å². The Bertz CT molecular complexity index is 2460. The number of phenols is 1. The molecule has 53 heavy (non-hydrogen) atoms. The van der Waals surface area contributed by atoms with E-state index in [1.165, 1.54) is 16.3 Å². The van der Waals surface area contributed by atoms with Crippen LogP contribution in [0.5, 0.6) is 5.75 Å². The molecule has 7 rings (SSSR count). The molecule has 5 aromatic carbocycles. The van der Waals surface area contributed by atoms with Gasteiger partial charge in [-0.25, -0.2) is 4.98 Å². The molecule has 0 aliphatic heterocycles. The normalized spacial score (nSPS) is 12.4. The van der Waals surface area contributed by atoms with Crippen molar-refractivity contribution >= 4 is 24.3 Å². The molecule has 5 heteroatoms. The minimum atomic E-state index is -1.39. The van der Waals surface area contributed by atoms with Gasteiger partial charge in [0.25, 0.3) is 0 Å². The summed E-state index contributed by atoms with van der Waals surface area (Å²) < 4.78 is 2.12. The fourth-order valence-corrected chi connectivity index (χ4v) is 8.32. The molecule has 7 aromatic rings. The van der Waals surface area contributed by atoms with E-state index < -0.39 is 8.07 Å². The highest BCUT2D eigenvalue weighted by Crippen LogP contribution is 2.43. The van der Waals surface area contributed by atoms with Crippen molar-refractivity contribution in [2.24, 2.45) is 7.05 Å². The van der Waals surface area contributed by atoms with E-state index in [1.807, 2.05) is 13.2 Å². The smallest absolute Gasteiger partial charge is 0.144 e. The van der Waals surface area contributed by atoms with Crippen LogP contribution in [0.25, 0.3) is 67.1 Å². The van der Waals surface area contributed by atoms with Gasteiger partial charge in [-0.2, -0.15) is 0 Å². The summed E-state index contributed by atoms with van der Waals surface area (Å²) in [5.74, 6) is 1.04. The molecule has 0 unspecified atom stereocenters. The molecule has 0 aliphatic carbocycles. The molecule has 0 atom stereocenters. The van der Waals surface area contributed by atoms with Crippen molar-refractivity contribution in [3.8, 4) is 61.8 Å². The Kier molecular flexibility index (Phi) is 9.06. The fourth-order valence-electron chi connectivity index (χ4n) is 7.16. The summed E-state index contributed by atoms with van der Waals surface area (Å²) in [5, 5.41) is 13.3. The first kappa shape index (κ1) is 36.1. The van der Waals surface area contributed by atoms with Gasteiger partial charge in [0.05, 0.1) is 30.4 Å². The lowest BCUT2D eigenvalue weighted by Gasteiger charge is -2.27. The number of aromatic nitrogens is 3. The molecular formula is C48H51N3OSi. The van der Waals surface area contributed by atoms with Crippen LogP contribution in [-0.2, 0) is 17.9 Å². The van der Waals surface area contributed by atoms with Gasteiger partial charge in [-0.15, -0.1) is 0 Å². The van der Waals surface area contributed by atoms with E-state index in [0.717, 1.165) is 67.1 Å². The van der Waals surface area contributed by atoms with Gasteiger partial charge in [0.1, 0.15) is 11.6 Å². The van der Waals surface area contributed by atoms with E-state index in [4.69, 9.17) is 9.97 Å². The molecule has 2 heterocycles. The maximum atomic E-state index is 11.8. The van der Waals surface area contributed by atoms with Crippen molar-refractivity contribution in [2.45, 2.75) is 72.0 Å². The number of benzene rings is 5. The van der Waals surface area contributed by atoms with E-state index >= 15 is 0 Å². The lowest BCUT2D eigenvalue weighted by Crippen LogP contribution is -2.37. The molecule has 1 N–H and O–H groups in total. The number of fused-ring (bicyclic) bond motifs is 1. The van der Waals surface area contributed by atoms with Crippen LogP contribution in [0.1, 0.15) is 52.7 Å². The number of phenolic OH excluding ortho intramolecular Hbond substituents is 1. The molecule has 0 aliphatic rings. The molecule has 0 radical (unpaired) electrons. The van der Waals surface area contributed by atoms with Crippen LogP contribution in [0.4, 0.5) is 0 Å². The van der Waals surface area contributed by atoms with Crippen molar-refractivity contribution in [1.29, 1.82) is 0 Å². The average Bonchev–Trinajstić information content (AvgIpc) is 3.46. The molecule has 4 nitrogen and oxygen atoms in total. The van der Waals surface area contributed by atoms with Crippen LogP contribution in [0.15, 0.2) is 121 Å². The van der Waals surface area contributed by atoms with Crippen LogP contribution in [-0.4, -0.2) is 27.7 Å². The van der Waals surface area contributed by atoms with Gasteiger partial charge < -0.3 is 9.67 Å². The van der Waals surface area contributed by atoms with E-state index in [0.29, 0.717) is 5.75 Å². The predicted molar refractivity (Wildman–Crippen MR) is 228 cm³/mol. The van der Waals surface area contributed by atoms with Crippen molar-refractivity contribution in [1.82, 2.24) is 14.5 Å². The number of hydrogen-bond donors (Lipinski definition) is 1. The third-order valence-corrected chi connectivity index (χ3v) is 12.5. The standard InChI is InChI=1S/C48H51N3OSi/c1-47(2,3)37-29-40(45(52)41(30-37)48(4,5)6)46-50-44-39(17-14-18-43(44)51(46)7)35-25-34(31-15-12-11-13-16-31)26-36(27-35)42-28-33(23-24-49-42)32-19-21-38(22-20-32)53(8,9)10/h11-30,52H,1-10H3. The highest BCUT2D eigenvalue weighted by molar-refractivity contribution is 6.88. The summed E-state index contributed by atoms with van der Waals surface area (Å²) in [6.45, 7) is 20.2. The molecule has 0 amide bonds. The topological polar surface area (TPSA) is 50.9 Å². The zero-order chi connectivity index (χ0) is 37.9. The maximum Gasteiger partial charge on any atom is 0.144 e. The second kappa shape index (κ2) is 13.3. The van der Waals surface area contributed by atoms with Gasteiger partial charge in [-0.05, 0) is 86.7 Å². The molecule has 0 saturated heterocycles. The summed E-state index contributed by atoms with van der Waals surface area (Å²) in [7, 11) is 0.654. The maximum absolute atomic E-state index is 11.8. The Balaban J connectivity index is 1.40. The van der Waals surface area contributed by atoms with E-state index in [1.54, 1.807) is 0 Å². The average molecular weight is 714 g/mol.